The van der Waals surface area contributed by atoms with E-state index in [0.29, 0.717) is 0 Å². The van der Waals surface area contributed by atoms with Gasteiger partial charge in [0.05, 0.1) is 11.0 Å². The van der Waals surface area contributed by atoms with Crippen molar-refractivity contribution in [2.45, 2.75) is 0 Å². The van der Waals surface area contributed by atoms with Crippen molar-refractivity contribution in [1.29, 1.82) is 0 Å². The highest BCUT2D eigenvalue weighted by atomic mass is 14.9. The average Bonchev–Trinajstić information content (AvgIpc) is 2.68. The molecule has 0 unspecified atom stereocenters. The predicted octanol–water partition coefficient (Wildman–Crippen LogP) is 3.21. The molecule has 2 aromatic carbocycles. The zero-order valence-corrected chi connectivity index (χ0v) is 7.99. The van der Waals surface area contributed by atoms with E-state index in [1.807, 2.05) is 6.07 Å². The summed E-state index contributed by atoms with van der Waals surface area (Å²) in [5.41, 5.74) is 5.87. The fourth-order valence-corrected chi connectivity index (χ4v) is 2.24. The maximum absolute atomic E-state index is 4.56. The third-order valence-electron chi connectivity index (χ3n) is 2.97. The summed E-state index contributed by atoms with van der Waals surface area (Å²) in [5.74, 6) is 0.969. The highest BCUT2D eigenvalue weighted by molar-refractivity contribution is 5.96. The summed E-state index contributed by atoms with van der Waals surface area (Å²) in [4.78, 5) is 7.94. The Kier molecular flexibility index (Phi) is 1.10. The topological polar surface area (TPSA) is 28.7 Å². The molecule has 2 heterocycles. The average molecular weight is 192 g/mol. The summed E-state index contributed by atoms with van der Waals surface area (Å²) < 4.78 is 0. The lowest BCUT2D eigenvalue weighted by Crippen LogP contribution is -1.82. The predicted molar refractivity (Wildman–Crippen MR) is 60.5 cm³/mol. The van der Waals surface area contributed by atoms with Crippen LogP contribution in [-0.2, 0) is 0 Å². The Bertz CT molecular complexity index is 680. The molecule has 0 spiro atoms. The molecule has 15 heavy (non-hydrogen) atoms. The van der Waals surface area contributed by atoms with Gasteiger partial charge in [0.25, 0.3) is 0 Å². The highest BCUT2D eigenvalue weighted by Crippen LogP contribution is 2.34. The molecule has 1 aromatic heterocycles. The number of benzene rings is 2. The lowest BCUT2D eigenvalue weighted by molar-refractivity contribution is 1.34. The van der Waals surface area contributed by atoms with Gasteiger partial charge in [0.15, 0.2) is 0 Å². The van der Waals surface area contributed by atoms with E-state index in [2.05, 4.69) is 46.4 Å². The van der Waals surface area contributed by atoms with E-state index < -0.39 is 0 Å². The number of imidazole rings is 1. The molecule has 70 valence electrons. The van der Waals surface area contributed by atoms with Crippen molar-refractivity contribution in [1.82, 2.24) is 9.97 Å². The van der Waals surface area contributed by atoms with Crippen molar-refractivity contribution in [2.24, 2.45) is 0 Å². The molecule has 4 rings (SSSR count). The van der Waals surface area contributed by atoms with Gasteiger partial charge in [-0.15, -0.1) is 0 Å². The van der Waals surface area contributed by atoms with Gasteiger partial charge in [-0.05, 0) is 17.7 Å². The van der Waals surface area contributed by atoms with Gasteiger partial charge < -0.3 is 4.98 Å². The first kappa shape index (κ1) is 7.23. The standard InChI is InChI=1S/C13H8N2/c1-3-8-7-9(4-1)13-14-11-6-2-5-10(8)12(11)15-13/h1-7H,(H,14,15). The third-order valence-corrected chi connectivity index (χ3v) is 2.97. The van der Waals surface area contributed by atoms with Crippen LogP contribution in [0.3, 0.4) is 0 Å². The van der Waals surface area contributed by atoms with Crippen LogP contribution in [0.2, 0.25) is 0 Å². The molecular weight excluding hydrogens is 184 g/mol. The molecular formula is C13H8N2. The van der Waals surface area contributed by atoms with E-state index in [-0.39, 0.29) is 0 Å². The number of aromatic nitrogens is 2. The molecule has 3 aromatic rings. The first-order chi connectivity index (χ1) is 7.42. The normalized spacial score (nSPS) is 12.0. The lowest BCUT2D eigenvalue weighted by Gasteiger charge is -2.03. The largest absolute Gasteiger partial charge is 0.337 e. The fraction of sp³-hybridized carbons (Fsp3) is 0. The van der Waals surface area contributed by atoms with Gasteiger partial charge >= 0.3 is 0 Å². The number of aromatic amines is 1. The van der Waals surface area contributed by atoms with Crippen LogP contribution in [0.15, 0.2) is 42.5 Å². The first-order valence-corrected chi connectivity index (χ1v) is 5.01. The molecule has 0 aliphatic carbocycles. The number of nitrogens with one attached hydrogen (secondary N) is 1. The van der Waals surface area contributed by atoms with Gasteiger partial charge in [-0.3, -0.25) is 0 Å². The fourth-order valence-electron chi connectivity index (χ4n) is 2.24. The second-order valence-corrected chi connectivity index (χ2v) is 3.87. The monoisotopic (exact) mass is 192 g/mol. The van der Waals surface area contributed by atoms with Gasteiger partial charge in [-0.25, -0.2) is 4.98 Å². The molecule has 2 heteroatoms. The van der Waals surface area contributed by atoms with Crippen LogP contribution >= 0.6 is 0 Å². The zero-order valence-electron chi connectivity index (χ0n) is 7.99. The van der Waals surface area contributed by atoms with Crippen LogP contribution in [0.4, 0.5) is 0 Å². The highest BCUT2D eigenvalue weighted by Gasteiger charge is 2.14. The van der Waals surface area contributed by atoms with Gasteiger partial charge in [-0.1, -0.05) is 30.3 Å². The maximum Gasteiger partial charge on any atom is 0.138 e. The summed E-state index contributed by atoms with van der Waals surface area (Å²) >= 11 is 0. The number of hydrogen-bond donors (Lipinski definition) is 1. The van der Waals surface area contributed by atoms with E-state index in [9.17, 15) is 0 Å². The number of para-hydroxylation sites is 1. The number of nitrogens with zero attached hydrogens (tertiary/aromatic N) is 1. The number of fused-ring (bicyclic) bond motifs is 5. The van der Waals surface area contributed by atoms with Crippen molar-refractivity contribution >= 4 is 11.0 Å². The Labute approximate surface area is 86.6 Å². The Morgan fingerprint density at radius 3 is 2.80 bits per heavy atom. The molecule has 0 saturated heterocycles. The van der Waals surface area contributed by atoms with E-state index in [0.717, 1.165) is 16.9 Å². The molecule has 0 radical (unpaired) electrons. The van der Waals surface area contributed by atoms with Gasteiger partial charge in [-0.2, -0.15) is 0 Å². The molecule has 0 atom stereocenters. The summed E-state index contributed by atoms with van der Waals surface area (Å²) in [7, 11) is 0. The number of hydrogen-bond acceptors (Lipinski definition) is 1. The van der Waals surface area contributed by atoms with Gasteiger partial charge in [0, 0.05) is 11.1 Å². The quantitative estimate of drug-likeness (QED) is 0.455. The Hall–Kier alpha value is -2.09. The van der Waals surface area contributed by atoms with Crippen LogP contribution in [0.5, 0.6) is 0 Å². The van der Waals surface area contributed by atoms with Crippen LogP contribution < -0.4 is 0 Å². The zero-order chi connectivity index (χ0) is 9.83. The van der Waals surface area contributed by atoms with Gasteiger partial charge in [0.1, 0.15) is 5.82 Å². The van der Waals surface area contributed by atoms with Crippen LogP contribution in [0.25, 0.3) is 33.5 Å². The van der Waals surface area contributed by atoms with Crippen molar-refractivity contribution < 1.29 is 0 Å². The Morgan fingerprint density at radius 1 is 0.933 bits per heavy atom. The smallest absolute Gasteiger partial charge is 0.138 e. The lowest BCUT2D eigenvalue weighted by atomic mass is 10.0. The molecule has 1 N–H and O–H groups in total. The molecule has 0 amide bonds. The third kappa shape index (κ3) is 0.814. The Balaban J connectivity index is 2.34. The molecule has 1 aliphatic heterocycles. The summed E-state index contributed by atoms with van der Waals surface area (Å²) in [6, 6.07) is 14.7. The van der Waals surface area contributed by atoms with Crippen molar-refractivity contribution in [3.63, 3.8) is 0 Å². The summed E-state index contributed by atoms with van der Waals surface area (Å²) in [6.45, 7) is 0. The van der Waals surface area contributed by atoms with Crippen LogP contribution in [0.1, 0.15) is 0 Å². The Morgan fingerprint density at radius 2 is 1.80 bits per heavy atom. The second kappa shape index (κ2) is 2.28. The SMILES string of the molecule is c1cc2cc(c1)-c1cccc3nc-2[nH]c13. The van der Waals surface area contributed by atoms with E-state index in [1.54, 1.807) is 0 Å². The minimum Gasteiger partial charge on any atom is -0.337 e. The van der Waals surface area contributed by atoms with E-state index in [1.165, 1.54) is 16.7 Å². The molecule has 0 saturated carbocycles. The number of H-pyrrole nitrogens is 1. The summed E-state index contributed by atoms with van der Waals surface area (Å²) in [6.07, 6.45) is 0. The van der Waals surface area contributed by atoms with E-state index >= 15 is 0 Å². The van der Waals surface area contributed by atoms with E-state index in [4.69, 9.17) is 0 Å². The van der Waals surface area contributed by atoms with Crippen LogP contribution in [-0.4, -0.2) is 9.97 Å². The number of rotatable bonds is 0. The summed E-state index contributed by atoms with van der Waals surface area (Å²) in [5, 5.41) is 0. The van der Waals surface area contributed by atoms with Gasteiger partial charge in [0.2, 0.25) is 0 Å². The van der Waals surface area contributed by atoms with Crippen LogP contribution in [0, 0.1) is 0 Å². The van der Waals surface area contributed by atoms with Crippen molar-refractivity contribution in [3.8, 4) is 22.5 Å². The van der Waals surface area contributed by atoms with Crippen molar-refractivity contribution in [3.05, 3.63) is 42.5 Å². The molecule has 2 nitrogen and oxygen atoms in total. The van der Waals surface area contributed by atoms with Crippen molar-refractivity contribution in [2.75, 3.05) is 0 Å². The minimum atomic E-state index is 0.969. The molecule has 1 aliphatic rings. The molecule has 4 bridgehead atoms. The first-order valence-electron chi connectivity index (χ1n) is 5.01. The molecule has 0 fully saturated rings. The minimum absolute atomic E-state index is 0.969. The maximum atomic E-state index is 4.56. The second-order valence-electron chi connectivity index (χ2n) is 3.87.